The molecular formula is C19H25ClN6O5S2. The number of quaternary nitrogens is 1. The van der Waals surface area contributed by atoms with Crippen LogP contribution in [0.25, 0.3) is 0 Å². The molecule has 0 spiro atoms. The number of amides is 2. The quantitative estimate of drug-likeness (QED) is 0.151. The smallest absolute Gasteiger partial charge is 0.352 e. The number of nitrogens with zero attached hydrogens (tertiary/aromatic N) is 4. The van der Waals surface area contributed by atoms with Gasteiger partial charge in [0.05, 0.1) is 20.1 Å². The molecule has 0 saturated carbocycles. The summed E-state index contributed by atoms with van der Waals surface area (Å²) in [6, 6.07) is -0.863. The Kier molecular flexibility index (Phi) is 7.56. The van der Waals surface area contributed by atoms with Crippen LogP contribution in [-0.2, 0) is 19.2 Å². The SMILES string of the molecule is CO/N=C(\C(=O)N[C@@H]1C(=O)N2C(C(=O)O)=C(C[N+]3(C)CCCC3)CS[C@H]12)c1csc(N)n1.[Cl-]. The third-order valence-corrected chi connectivity index (χ3v) is 7.93. The number of carbonyl (C=O) groups excluding carboxylic acids is 2. The number of aromatic nitrogens is 1. The number of halogens is 1. The molecule has 4 N–H and O–H groups in total. The van der Waals surface area contributed by atoms with Crippen molar-refractivity contribution in [1.82, 2.24) is 15.2 Å². The molecule has 11 nitrogen and oxygen atoms in total. The van der Waals surface area contributed by atoms with Gasteiger partial charge in [-0.3, -0.25) is 14.5 Å². The number of likely N-dealkylation sites (tertiary alicyclic amines) is 1. The molecule has 14 heteroatoms. The van der Waals surface area contributed by atoms with E-state index in [1.807, 2.05) is 0 Å². The number of rotatable bonds is 7. The van der Waals surface area contributed by atoms with Gasteiger partial charge in [-0.1, -0.05) is 5.16 Å². The van der Waals surface area contributed by atoms with Crippen LogP contribution in [0.5, 0.6) is 0 Å². The van der Waals surface area contributed by atoms with Gasteiger partial charge in [0, 0.05) is 29.5 Å². The summed E-state index contributed by atoms with van der Waals surface area (Å²) in [4.78, 5) is 47.9. The molecule has 1 aromatic heterocycles. The van der Waals surface area contributed by atoms with Crippen molar-refractivity contribution in [2.45, 2.75) is 24.3 Å². The second-order valence-electron chi connectivity index (χ2n) is 8.24. The molecule has 2 saturated heterocycles. The highest BCUT2D eigenvalue weighted by molar-refractivity contribution is 8.00. The minimum absolute atomic E-state index is 0. The number of fused-ring (bicyclic) bond motifs is 1. The lowest BCUT2D eigenvalue weighted by Crippen LogP contribution is -3.00. The van der Waals surface area contributed by atoms with Crippen molar-refractivity contribution in [3.8, 4) is 0 Å². The van der Waals surface area contributed by atoms with E-state index in [-0.39, 0.29) is 34.6 Å². The summed E-state index contributed by atoms with van der Waals surface area (Å²) < 4.78 is 0.785. The first kappa shape index (κ1) is 25.3. The average Bonchev–Trinajstić information content (AvgIpc) is 3.37. The highest BCUT2D eigenvalue weighted by Crippen LogP contribution is 2.41. The average molecular weight is 517 g/mol. The van der Waals surface area contributed by atoms with Gasteiger partial charge >= 0.3 is 5.97 Å². The number of likely N-dealkylation sites (N-methyl/N-ethyl adjacent to an activating group) is 1. The van der Waals surface area contributed by atoms with Gasteiger partial charge in [-0.2, -0.15) is 0 Å². The molecule has 3 aliphatic rings. The third kappa shape index (κ3) is 4.81. The summed E-state index contributed by atoms with van der Waals surface area (Å²) in [5, 5.41) is 17.6. The summed E-state index contributed by atoms with van der Waals surface area (Å²) in [7, 11) is 3.42. The highest BCUT2D eigenvalue weighted by atomic mass is 35.5. The molecule has 0 radical (unpaired) electrons. The van der Waals surface area contributed by atoms with Gasteiger partial charge in [0.15, 0.2) is 10.8 Å². The number of carbonyl (C=O) groups is 3. The van der Waals surface area contributed by atoms with E-state index >= 15 is 0 Å². The van der Waals surface area contributed by atoms with E-state index in [2.05, 4.69) is 22.5 Å². The summed E-state index contributed by atoms with van der Waals surface area (Å²) in [5.74, 6) is -1.71. The van der Waals surface area contributed by atoms with Crippen LogP contribution in [0.3, 0.4) is 0 Å². The van der Waals surface area contributed by atoms with Crippen LogP contribution >= 0.6 is 23.1 Å². The standard InChI is InChI=1S/C19H24N6O5S2.ClH/c1-25(5-3-4-6-25)7-10-8-31-17-13(16(27)24(17)14(10)18(28)29)22-15(26)12(23-30-2)11-9-32-19(20)21-11;/h9,13,17H,3-8H2,1-2H3,(H3-,20,21,22,26,28,29);1H/b23-12-;/t13-,17-;/m1./s1. The lowest BCUT2D eigenvalue weighted by molar-refractivity contribution is -0.893. The fourth-order valence-corrected chi connectivity index (χ4v) is 6.31. The maximum atomic E-state index is 12.9. The first-order valence-corrected chi connectivity index (χ1v) is 12.0. The van der Waals surface area contributed by atoms with Gasteiger partial charge in [0.2, 0.25) is 0 Å². The number of thiazole rings is 1. The monoisotopic (exact) mass is 516 g/mol. The van der Waals surface area contributed by atoms with Crippen LogP contribution in [0.4, 0.5) is 5.13 Å². The summed E-state index contributed by atoms with van der Waals surface area (Å²) in [6.45, 7) is 2.61. The van der Waals surface area contributed by atoms with E-state index in [1.165, 1.54) is 23.8 Å². The number of nitrogens with one attached hydrogen (secondary N) is 1. The molecule has 1 aromatic rings. The lowest BCUT2D eigenvalue weighted by atomic mass is 10.0. The molecule has 4 heterocycles. The van der Waals surface area contributed by atoms with Crippen molar-refractivity contribution in [1.29, 1.82) is 0 Å². The first-order valence-electron chi connectivity index (χ1n) is 10.1. The Labute approximate surface area is 205 Å². The Hall–Kier alpha value is -2.35. The topological polar surface area (TPSA) is 147 Å². The van der Waals surface area contributed by atoms with Crippen LogP contribution in [0.2, 0.25) is 0 Å². The zero-order valence-electron chi connectivity index (χ0n) is 18.1. The summed E-state index contributed by atoms with van der Waals surface area (Å²) >= 11 is 2.61. The van der Waals surface area contributed by atoms with Crippen molar-refractivity contribution in [2.75, 3.05) is 45.3 Å². The predicted molar refractivity (Wildman–Crippen MR) is 120 cm³/mol. The number of nitrogen functional groups attached to an aromatic ring is 1. The van der Waals surface area contributed by atoms with E-state index in [4.69, 9.17) is 10.6 Å². The first-order chi connectivity index (χ1) is 15.2. The molecule has 0 aliphatic carbocycles. The van der Waals surface area contributed by atoms with Gasteiger partial charge in [-0.25, -0.2) is 9.78 Å². The second-order valence-corrected chi connectivity index (χ2v) is 10.2. The number of aliphatic carboxylic acids is 1. The minimum Gasteiger partial charge on any atom is -1.00 e. The third-order valence-electron chi connectivity index (χ3n) is 5.92. The van der Waals surface area contributed by atoms with Crippen LogP contribution < -0.4 is 23.5 Å². The number of carboxylic acids is 1. The molecular weight excluding hydrogens is 492 g/mol. The number of carboxylic acid groups (broad SMARTS) is 1. The fourth-order valence-electron chi connectivity index (χ4n) is 4.42. The van der Waals surface area contributed by atoms with Crippen molar-refractivity contribution < 1.29 is 41.2 Å². The van der Waals surface area contributed by atoms with E-state index in [9.17, 15) is 19.5 Å². The van der Waals surface area contributed by atoms with E-state index < -0.39 is 29.2 Å². The molecule has 33 heavy (non-hydrogen) atoms. The summed E-state index contributed by atoms with van der Waals surface area (Å²) in [6.07, 6.45) is 2.24. The number of hydrogen-bond donors (Lipinski definition) is 3. The van der Waals surface area contributed by atoms with Crippen molar-refractivity contribution in [3.05, 3.63) is 22.3 Å². The highest BCUT2D eigenvalue weighted by Gasteiger charge is 2.55. The van der Waals surface area contributed by atoms with Gasteiger partial charge in [-0.15, -0.1) is 23.1 Å². The maximum Gasteiger partial charge on any atom is 0.352 e. The maximum absolute atomic E-state index is 12.9. The number of nitrogens with two attached hydrogens (primary N) is 1. The van der Waals surface area contributed by atoms with Crippen LogP contribution in [-0.4, -0.2) is 93.9 Å². The molecule has 2 atom stereocenters. The molecule has 2 fully saturated rings. The fraction of sp³-hybridized carbons (Fsp3) is 0.526. The summed E-state index contributed by atoms with van der Waals surface area (Å²) in [5.41, 5.74) is 6.59. The minimum atomic E-state index is -1.12. The molecule has 2 amide bonds. The number of β-lactam (4-membered cyclic amide) rings is 1. The van der Waals surface area contributed by atoms with Crippen molar-refractivity contribution in [3.63, 3.8) is 0 Å². The Balaban J connectivity index is 0.00000306. The van der Waals surface area contributed by atoms with Gasteiger partial charge < -0.3 is 37.9 Å². The van der Waals surface area contributed by atoms with Gasteiger partial charge in [0.1, 0.15) is 36.5 Å². The van der Waals surface area contributed by atoms with Crippen molar-refractivity contribution in [2.24, 2.45) is 5.16 Å². The number of thioether (sulfide) groups is 1. The van der Waals surface area contributed by atoms with Crippen LogP contribution in [0.1, 0.15) is 18.5 Å². The Morgan fingerprint density at radius 1 is 1.42 bits per heavy atom. The van der Waals surface area contributed by atoms with Crippen molar-refractivity contribution >= 4 is 51.7 Å². The Bertz CT molecular complexity index is 1020. The molecule has 0 aromatic carbocycles. The molecule has 3 aliphatic heterocycles. The number of oxime groups is 1. The lowest BCUT2D eigenvalue weighted by Gasteiger charge is -2.49. The van der Waals surface area contributed by atoms with E-state index in [0.717, 1.165) is 47.3 Å². The molecule has 180 valence electrons. The van der Waals surface area contributed by atoms with Gasteiger partial charge in [-0.05, 0) is 0 Å². The zero-order valence-corrected chi connectivity index (χ0v) is 20.5. The van der Waals surface area contributed by atoms with E-state index in [1.54, 1.807) is 5.38 Å². The number of anilines is 1. The zero-order chi connectivity index (χ0) is 23.0. The van der Waals surface area contributed by atoms with E-state index in [0.29, 0.717) is 12.3 Å². The Morgan fingerprint density at radius 2 is 2.12 bits per heavy atom. The largest absolute Gasteiger partial charge is 1.00 e. The predicted octanol–water partition coefficient (Wildman–Crippen LogP) is -2.94. The van der Waals surface area contributed by atoms with Crippen LogP contribution in [0.15, 0.2) is 21.8 Å². The van der Waals surface area contributed by atoms with Gasteiger partial charge in [0.25, 0.3) is 11.8 Å². The normalized spacial score (nSPS) is 24.0. The number of hydrogen-bond acceptors (Lipinski definition) is 9. The second kappa shape index (κ2) is 9.87. The Morgan fingerprint density at radius 3 is 2.70 bits per heavy atom. The molecule has 4 rings (SSSR count). The molecule has 0 bridgehead atoms. The molecule has 0 unspecified atom stereocenters. The van der Waals surface area contributed by atoms with Crippen LogP contribution in [0, 0.1) is 0 Å².